The molecule has 1 aliphatic carbocycles. The minimum absolute atomic E-state index is 0.154. The molecule has 0 amide bonds. The highest BCUT2D eigenvalue weighted by molar-refractivity contribution is 7.85. The van der Waals surface area contributed by atoms with Crippen LogP contribution in [0.15, 0.2) is 24.3 Å². The maximum Gasteiger partial charge on any atom is 0.264 e. The van der Waals surface area contributed by atoms with Gasteiger partial charge in [0, 0.05) is 6.61 Å². The first-order valence-corrected chi connectivity index (χ1v) is 7.82. The van der Waals surface area contributed by atoms with E-state index in [0.29, 0.717) is 0 Å². The Labute approximate surface area is 114 Å². The summed E-state index contributed by atoms with van der Waals surface area (Å²) >= 11 is 0. The molecule has 110 valence electrons. The first-order valence-electron chi connectivity index (χ1n) is 6.21. The third-order valence-corrected chi connectivity index (χ3v) is 4.03. The standard InChI is InChI=1S/C13H22O5S/c1-12(2,3)13(14)8-5-4-7-11(13)18-9-6-10-19(15,16)17/h4-5,7-8,11,14H,6,9-10H2,1-3H3,(H,15,16,17). The zero-order valence-corrected chi connectivity index (χ0v) is 12.4. The molecule has 6 heteroatoms. The van der Waals surface area contributed by atoms with Crippen molar-refractivity contribution in [3.05, 3.63) is 24.3 Å². The van der Waals surface area contributed by atoms with Crippen LogP contribution in [-0.2, 0) is 14.9 Å². The average molecular weight is 290 g/mol. The van der Waals surface area contributed by atoms with Gasteiger partial charge in [0.25, 0.3) is 10.1 Å². The lowest BCUT2D eigenvalue weighted by Crippen LogP contribution is -2.52. The van der Waals surface area contributed by atoms with Gasteiger partial charge in [-0.1, -0.05) is 39.0 Å². The zero-order valence-electron chi connectivity index (χ0n) is 11.5. The molecule has 2 N–H and O–H groups in total. The first kappa shape index (κ1) is 16.4. The van der Waals surface area contributed by atoms with Gasteiger partial charge < -0.3 is 9.84 Å². The highest BCUT2D eigenvalue weighted by atomic mass is 32.2. The maximum atomic E-state index is 10.7. The molecule has 0 saturated heterocycles. The Balaban J connectivity index is 2.61. The fourth-order valence-corrected chi connectivity index (χ4v) is 2.40. The first-order chi connectivity index (χ1) is 8.56. The lowest BCUT2D eigenvalue weighted by Gasteiger charge is -2.43. The summed E-state index contributed by atoms with van der Waals surface area (Å²) in [5.74, 6) is -0.340. The smallest absolute Gasteiger partial charge is 0.264 e. The highest BCUT2D eigenvalue weighted by Crippen LogP contribution is 2.38. The molecule has 0 aromatic heterocycles. The molecule has 0 heterocycles. The fourth-order valence-electron chi connectivity index (χ4n) is 1.92. The molecule has 0 saturated carbocycles. The molecule has 2 unspecified atom stereocenters. The number of allylic oxidation sites excluding steroid dienone is 2. The second-order valence-electron chi connectivity index (χ2n) is 5.75. The van der Waals surface area contributed by atoms with Gasteiger partial charge in [0.2, 0.25) is 0 Å². The Bertz CT molecular complexity index is 458. The van der Waals surface area contributed by atoms with Crippen LogP contribution in [0.4, 0.5) is 0 Å². The summed E-state index contributed by atoms with van der Waals surface area (Å²) in [6.45, 7) is 5.88. The summed E-state index contributed by atoms with van der Waals surface area (Å²) in [4.78, 5) is 0. The van der Waals surface area contributed by atoms with Crippen LogP contribution in [0.5, 0.6) is 0 Å². The molecule has 1 aliphatic rings. The van der Waals surface area contributed by atoms with Gasteiger partial charge in [0.05, 0.1) is 5.75 Å². The predicted octanol–water partition coefficient (Wildman–Crippen LogP) is 1.55. The SMILES string of the molecule is CC(C)(C)C1(O)C=CC=CC1OCCCS(=O)(=O)O. The number of rotatable bonds is 5. The van der Waals surface area contributed by atoms with E-state index >= 15 is 0 Å². The molecule has 0 spiro atoms. The van der Waals surface area contributed by atoms with E-state index in [4.69, 9.17) is 9.29 Å². The van der Waals surface area contributed by atoms with E-state index in [9.17, 15) is 13.5 Å². The van der Waals surface area contributed by atoms with Crippen molar-refractivity contribution >= 4 is 10.1 Å². The number of hydrogen-bond donors (Lipinski definition) is 2. The quantitative estimate of drug-likeness (QED) is 0.593. The Morgan fingerprint density at radius 1 is 1.32 bits per heavy atom. The van der Waals surface area contributed by atoms with Crippen molar-refractivity contribution in [2.45, 2.75) is 38.9 Å². The monoisotopic (exact) mass is 290 g/mol. The third-order valence-electron chi connectivity index (χ3n) is 3.23. The van der Waals surface area contributed by atoms with Crippen LogP contribution >= 0.6 is 0 Å². The van der Waals surface area contributed by atoms with E-state index in [2.05, 4.69) is 0 Å². The van der Waals surface area contributed by atoms with Crippen molar-refractivity contribution in [1.29, 1.82) is 0 Å². The van der Waals surface area contributed by atoms with Gasteiger partial charge in [-0.2, -0.15) is 8.42 Å². The van der Waals surface area contributed by atoms with Crippen LogP contribution < -0.4 is 0 Å². The van der Waals surface area contributed by atoms with E-state index in [1.165, 1.54) is 0 Å². The number of ether oxygens (including phenoxy) is 1. The largest absolute Gasteiger partial charge is 0.382 e. The summed E-state index contributed by atoms with van der Waals surface area (Å²) in [6.07, 6.45) is 6.65. The molecule has 5 nitrogen and oxygen atoms in total. The predicted molar refractivity (Wildman–Crippen MR) is 73.5 cm³/mol. The summed E-state index contributed by atoms with van der Waals surface area (Å²) in [5.41, 5.74) is -1.55. The van der Waals surface area contributed by atoms with E-state index in [1.807, 2.05) is 20.8 Å². The minimum Gasteiger partial charge on any atom is -0.382 e. The molecule has 0 aliphatic heterocycles. The van der Waals surface area contributed by atoms with Crippen LogP contribution in [0.2, 0.25) is 0 Å². The minimum atomic E-state index is -3.96. The van der Waals surface area contributed by atoms with Crippen molar-refractivity contribution in [2.24, 2.45) is 5.41 Å². The van der Waals surface area contributed by atoms with Crippen LogP contribution in [0, 0.1) is 5.41 Å². The normalized spacial score (nSPS) is 27.7. The van der Waals surface area contributed by atoms with Crippen molar-refractivity contribution in [2.75, 3.05) is 12.4 Å². The number of aliphatic hydroxyl groups is 1. The Kier molecular flexibility index (Phi) is 4.95. The second-order valence-corrected chi connectivity index (χ2v) is 7.32. The topological polar surface area (TPSA) is 83.8 Å². The molecule has 2 atom stereocenters. The van der Waals surface area contributed by atoms with Crippen molar-refractivity contribution in [1.82, 2.24) is 0 Å². The van der Waals surface area contributed by atoms with Crippen LogP contribution in [-0.4, -0.2) is 42.1 Å². The van der Waals surface area contributed by atoms with Gasteiger partial charge in [-0.05, 0) is 17.9 Å². The van der Waals surface area contributed by atoms with E-state index in [1.54, 1.807) is 24.3 Å². The van der Waals surface area contributed by atoms with Gasteiger partial charge in [0.15, 0.2) is 0 Å². The van der Waals surface area contributed by atoms with Crippen LogP contribution in [0.3, 0.4) is 0 Å². The molecule has 0 aromatic rings. The average Bonchev–Trinajstić information content (AvgIpc) is 2.23. The molecule has 1 rings (SSSR count). The Hall–Kier alpha value is -0.690. The van der Waals surface area contributed by atoms with Crippen molar-refractivity contribution in [3.8, 4) is 0 Å². The van der Waals surface area contributed by atoms with Crippen LogP contribution in [0.25, 0.3) is 0 Å². The van der Waals surface area contributed by atoms with Crippen molar-refractivity contribution in [3.63, 3.8) is 0 Å². The molecule has 0 radical (unpaired) electrons. The summed E-state index contributed by atoms with van der Waals surface area (Å²) in [5, 5.41) is 10.7. The van der Waals surface area contributed by atoms with Gasteiger partial charge in [-0.3, -0.25) is 4.55 Å². The van der Waals surface area contributed by atoms with Gasteiger partial charge >= 0.3 is 0 Å². The number of hydrogen-bond acceptors (Lipinski definition) is 4. The Morgan fingerprint density at radius 3 is 2.47 bits per heavy atom. The van der Waals surface area contributed by atoms with Gasteiger partial charge in [-0.25, -0.2) is 0 Å². The second kappa shape index (κ2) is 5.75. The lowest BCUT2D eigenvalue weighted by molar-refractivity contribution is -0.114. The lowest BCUT2D eigenvalue weighted by atomic mass is 9.71. The van der Waals surface area contributed by atoms with Crippen LogP contribution in [0.1, 0.15) is 27.2 Å². The summed E-state index contributed by atoms with van der Waals surface area (Å²) < 4.78 is 35.4. The van der Waals surface area contributed by atoms with E-state index in [0.717, 1.165) is 0 Å². The molecular formula is C13H22O5S. The molecular weight excluding hydrogens is 268 g/mol. The third kappa shape index (κ3) is 4.42. The van der Waals surface area contributed by atoms with Gasteiger partial charge in [-0.15, -0.1) is 0 Å². The fraction of sp³-hybridized carbons (Fsp3) is 0.692. The highest BCUT2D eigenvalue weighted by Gasteiger charge is 2.45. The molecule has 0 fully saturated rings. The molecule has 19 heavy (non-hydrogen) atoms. The van der Waals surface area contributed by atoms with E-state index in [-0.39, 0.29) is 18.8 Å². The molecule has 0 bridgehead atoms. The van der Waals surface area contributed by atoms with Crippen molar-refractivity contribution < 1.29 is 22.8 Å². The molecule has 0 aromatic carbocycles. The Morgan fingerprint density at radius 2 is 1.95 bits per heavy atom. The summed E-state index contributed by atoms with van der Waals surface area (Å²) in [7, 11) is -3.96. The maximum absolute atomic E-state index is 10.7. The van der Waals surface area contributed by atoms with Gasteiger partial charge in [0.1, 0.15) is 11.7 Å². The zero-order chi connectivity index (χ0) is 14.7. The summed E-state index contributed by atoms with van der Waals surface area (Å²) in [6, 6.07) is 0. The van der Waals surface area contributed by atoms with E-state index < -0.39 is 27.2 Å².